The highest BCUT2D eigenvalue weighted by Gasteiger charge is 2.38. The fourth-order valence-electron chi connectivity index (χ4n) is 3.72. The van der Waals surface area contributed by atoms with Crippen LogP contribution in [0.1, 0.15) is 56.3 Å². The van der Waals surface area contributed by atoms with Gasteiger partial charge in [-0.15, -0.1) is 0 Å². The number of nitrogens with one attached hydrogen (secondary N) is 1. The van der Waals surface area contributed by atoms with Crippen LogP contribution >= 0.6 is 23.2 Å². The Kier molecular flexibility index (Phi) is 8.21. The number of nitrogens with zero attached hydrogens (tertiary/aromatic N) is 1. The summed E-state index contributed by atoms with van der Waals surface area (Å²) < 4.78 is 16.5. The van der Waals surface area contributed by atoms with Gasteiger partial charge in [-0.3, -0.25) is 0 Å². The molecule has 2 aromatic carbocycles. The van der Waals surface area contributed by atoms with Gasteiger partial charge in [-0.1, -0.05) is 53.5 Å². The van der Waals surface area contributed by atoms with E-state index >= 15 is 0 Å². The second kappa shape index (κ2) is 10.7. The average Bonchev–Trinajstić information content (AvgIpc) is 2.73. The summed E-state index contributed by atoms with van der Waals surface area (Å²) in [5.41, 5.74) is 1.69. The predicted octanol–water partition coefficient (Wildman–Crippen LogP) is 6.32. The zero-order valence-electron chi connectivity index (χ0n) is 20.0. The number of rotatable bonds is 6. The van der Waals surface area contributed by atoms with Crippen LogP contribution in [0.5, 0.6) is 5.75 Å². The summed E-state index contributed by atoms with van der Waals surface area (Å²) in [7, 11) is 1.54. The molecule has 34 heavy (non-hydrogen) atoms. The molecule has 3 rings (SSSR count). The molecule has 0 aromatic heterocycles. The molecule has 1 N–H and O–H groups in total. The summed E-state index contributed by atoms with van der Waals surface area (Å²) in [6.07, 6.45) is -0.942. The van der Waals surface area contributed by atoms with Gasteiger partial charge >= 0.3 is 12.2 Å². The summed E-state index contributed by atoms with van der Waals surface area (Å²) in [5, 5.41) is 3.53. The van der Waals surface area contributed by atoms with Crippen molar-refractivity contribution in [3.05, 3.63) is 63.1 Å². The Morgan fingerprint density at radius 2 is 1.82 bits per heavy atom. The van der Waals surface area contributed by atoms with Crippen LogP contribution in [0.4, 0.5) is 9.59 Å². The van der Waals surface area contributed by atoms with Gasteiger partial charge < -0.3 is 24.4 Å². The number of ether oxygens (including phenoxy) is 3. The first-order chi connectivity index (χ1) is 16.0. The lowest BCUT2D eigenvalue weighted by Crippen LogP contribution is -2.50. The lowest BCUT2D eigenvalue weighted by molar-refractivity contribution is 0.00798. The Balaban J connectivity index is 1.72. The van der Waals surface area contributed by atoms with Gasteiger partial charge in [0, 0.05) is 30.1 Å². The van der Waals surface area contributed by atoms with Crippen LogP contribution in [0.25, 0.3) is 0 Å². The number of amides is 2. The number of carbonyl (C=O) groups is 2. The Labute approximate surface area is 210 Å². The maximum absolute atomic E-state index is 12.4. The first-order valence-corrected chi connectivity index (χ1v) is 11.8. The fourth-order valence-corrected chi connectivity index (χ4v) is 4.23. The van der Waals surface area contributed by atoms with E-state index in [-0.39, 0.29) is 18.6 Å². The normalized spacial score (nSPS) is 14.7. The number of benzene rings is 2. The molecule has 1 saturated heterocycles. The maximum atomic E-state index is 12.4. The summed E-state index contributed by atoms with van der Waals surface area (Å²) in [6.45, 7) is 8.28. The van der Waals surface area contributed by atoms with Gasteiger partial charge in [-0.2, -0.15) is 0 Å². The van der Waals surface area contributed by atoms with E-state index in [9.17, 15) is 9.59 Å². The van der Waals surface area contributed by atoms with Gasteiger partial charge in [0.1, 0.15) is 18.0 Å². The standard InChI is InChI=1S/C25H30Cl2N2O5/c1-15(28-23(30)33-14-16-9-7-6-8-10-16)18-11-19(26)21(27)20(22(18)32-5)17-12-29(13-17)24(31)34-25(2,3)4/h6-11,15,17H,12-14H2,1-5H3,(H,28,30). The number of hydrogen-bond acceptors (Lipinski definition) is 5. The number of halogens is 2. The molecule has 184 valence electrons. The predicted molar refractivity (Wildman–Crippen MR) is 132 cm³/mol. The largest absolute Gasteiger partial charge is 0.496 e. The molecule has 1 fully saturated rings. The van der Waals surface area contributed by atoms with Crippen LogP contribution in [0.15, 0.2) is 36.4 Å². The molecule has 1 heterocycles. The number of carbonyl (C=O) groups excluding carboxylic acids is 2. The van der Waals surface area contributed by atoms with E-state index in [0.29, 0.717) is 40.0 Å². The molecule has 0 aliphatic carbocycles. The highest BCUT2D eigenvalue weighted by atomic mass is 35.5. The summed E-state index contributed by atoms with van der Waals surface area (Å²) in [4.78, 5) is 26.3. The van der Waals surface area contributed by atoms with Gasteiger partial charge in [0.15, 0.2) is 0 Å². The lowest BCUT2D eigenvalue weighted by atomic mass is 9.88. The number of alkyl carbamates (subject to hydrolysis) is 1. The van der Waals surface area contributed by atoms with E-state index in [1.54, 1.807) is 11.0 Å². The molecule has 1 unspecified atom stereocenters. The van der Waals surface area contributed by atoms with E-state index in [0.717, 1.165) is 5.56 Å². The first kappa shape index (κ1) is 26.0. The number of likely N-dealkylation sites (tertiary alicyclic amines) is 1. The molecule has 0 spiro atoms. The smallest absolute Gasteiger partial charge is 0.410 e. The highest BCUT2D eigenvalue weighted by molar-refractivity contribution is 6.42. The van der Waals surface area contributed by atoms with Gasteiger partial charge in [-0.05, 0) is 39.3 Å². The van der Waals surface area contributed by atoms with Gasteiger partial charge in [0.25, 0.3) is 0 Å². The average molecular weight is 509 g/mol. The molecule has 2 amide bonds. The molecule has 1 aliphatic heterocycles. The Morgan fingerprint density at radius 1 is 1.18 bits per heavy atom. The van der Waals surface area contributed by atoms with Crippen LogP contribution in [-0.4, -0.2) is 42.9 Å². The topological polar surface area (TPSA) is 77.1 Å². The van der Waals surface area contributed by atoms with Crippen LogP contribution in [-0.2, 0) is 16.1 Å². The molecule has 0 bridgehead atoms. The van der Waals surface area contributed by atoms with Crippen molar-refractivity contribution in [3.63, 3.8) is 0 Å². The summed E-state index contributed by atoms with van der Waals surface area (Å²) in [6, 6.07) is 10.6. The van der Waals surface area contributed by atoms with Crippen molar-refractivity contribution >= 4 is 35.4 Å². The lowest BCUT2D eigenvalue weighted by Gasteiger charge is -2.41. The van der Waals surface area contributed by atoms with Gasteiger partial charge in [-0.25, -0.2) is 9.59 Å². The Bertz CT molecular complexity index is 1030. The molecular formula is C25H30Cl2N2O5. The summed E-state index contributed by atoms with van der Waals surface area (Å²) >= 11 is 13.0. The third-order valence-electron chi connectivity index (χ3n) is 5.39. The van der Waals surface area contributed by atoms with E-state index < -0.39 is 17.7 Å². The third-order valence-corrected chi connectivity index (χ3v) is 6.20. The molecule has 1 atom stereocenters. The summed E-state index contributed by atoms with van der Waals surface area (Å²) in [5.74, 6) is 0.448. The zero-order valence-corrected chi connectivity index (χ0v) is 21.5. The van der Waals surface area contributed by atoms with Crippen molar-refractivity contribution in [3.8, 4) is 5.75 Å². The Hall–Kier alpha value is -2.64. The van der Waals surface area contributed by atoms with E-state index in [2.05, 4.69) is 5.32 Å². The minimum Gasteiger partial charge on any atom is -0.496 e. The minimum atomic E-state index is -0.572. The second-order valence-corrected chi connectivity index (χ2v) is 10.0. The third kappa shape index (κ3) is 6.27. The van der Waals surface area contributed by atoms with Crippen LogP contribution in [0, 0.1) is 0 Å². The van der Waals surface area contributed by atoms with E-state index in [1.807, 2.05) is 58.0 Å². The maximum Gasteiger partial charge on any atom is 0.410 e. The molecule has 2 aromatic rings. The van der Waals surface area contributed by atoms with Gasteiger partial charge in [0.2, 0.25) is 0 Å². The Morgan fingerprint density at radius 3 is 2.41 bits per heavy atom. The van der Waals surface area contributed by atoms with Crippen molar-refractivity contribution in [1.82, 2.24) is 10.2 Å². The fraction of sp³-hybridized carbons (Fsp3) is 0.440. The van der Waals surface area contributed by atoms with Crippen LogP contribution in [0.3, 0.4) is 0 Å². The van der Waals surface area contributed by atoms with Crippen LogP contribution < -0.4 is 10.1 Å². The molecule has 1 aliphatic rings. The molecule has 7 nitrogen and oxygen atoms in total. The highest BCUT2D eigenvalue weighted by Crippen LogP contribution is 2.45. The number of hydrogen-bond donors (Lipinski definition) is 1. The van der Waals surface area contributed by atoms with Crippen molar-refractivity contribution in [1.29, 1.82) is 0 Å². The number of methoxy groups -OCH3 is 1. The SMILES string of the molecule is COc1c(C(C)NC(=O)OCc2ccccc2)cc(Cl)c(Cl)c1C1CN(C(=O)OC(C)(C)C)C1. The van der Waals surface area contributed by atoms with E-state index in [4.69, 9.17) is 37.4 Å². The van der Waals surface area contributed by atoms with Crippen molar-refractivity contribution in [2.24, 2.45) is 0 Å². The van der Waals surface area contributed by atoms with Crippen molar-refractivity contribution in [2.75, 3.05) is 20.2 Å². The molecule has 0 saturated carbocycles. The first-order valence-electron chi connectivity index (χ1n) is 11.0. The van der Waals surface area contributed by atoms with E-state index in [1.165, 1.54) is 7.11 Å². The van der Waals surface area contributed by atoms with Crippen molar-refractivity contribution < 1.29 is 23.8 Å². The quantitative estimate of drug-likeness (QED) is 0.493. The van der Waals surface area contributed by atoms with Crippen LogP contribution in [0.2, 0.25) is 10.0 Å². The molecule has 0 radical (unpaired) electrons. The van der Waals surface area contributed by atoms with Crippen molar-refractivity contribution in [2.45, 2.75) is 51.9 Å². The molecular weight excluding hydrogens is 479 g/mol. The molecule has 9 heteroatoms. The monoisotopic (exact) mass is 508 g/mol. The zero-order chi connectivity index (χ0) is 25.0. The minimum absolute atomic E-state index is 0.0790. The van der Waals surface area contributed by atoms with Gasteiger partial charge in [0.05, 0.1) is 23.2 Å². The second-order valence-electron chi connectivity index (χ2n) is 9.22.